The van der Waals surface area contributed by atoms with Crippen LogP contribution < -0.4 is 14.5 Å². The van der Waals surface area contributed by atoms with Crippen molar-refractivity contribution in [2.24, 2.45) is 0 Å². The number of ether oxygens (including phenoxy) is 1. The van der Waals surface area contributed by atoms with Crippen LogP contribution in [0.4, 0.5) is 24.5 Å². The number of aliphatic carboxylic acids is 1. The molecule has 1 heterocycles. The molecule has 0 bridgehead atoms. The molecule has 1 N–H and O–H groups in total. The molecule has 0 atom stereocenters. The number of hydrogen-bond acceptors (Lipinski definition) is 4. The van der Waals surface area contributed by atoms with Crippen LogP contribution in [0.3, 0.4) is 0 Å². The number of nitrogens with zero attached hydrogens (tertiary/aromatic N) is 2. The third-order valence-electron chi connectivity index (χ3n) is 5.41. The van der Waals surface area contributed by atoms with Crippen LogP contribution in [0.25, 0.3) is 17.2 Å². The van der Waals surface area contributed by atoms with Crippen molar-refractivity contribution in [1.29, 1.82) is 0 Å². The summed E-state index contributed by atoms with van der Waals surface area (Å²) in [6.45, 7) is 8.17. The predicted octanol–water partition coefficient (Wildman–Crippen LogP) is 5.24. The molecule has 1 aliphatic rings. The molecule has 33 heavy (non-hydrogen) atoms. The van der Waals surface area contributed by atoms with E-state index < -0.39 is 18.1 Å². The smallest absolute Gasteiger partial charge is 0.478 e. The average molecular weight is 462 g/mol. The first-order valence-electron chi connectivity index (χ1n) is 10.4. The van der Waals surface area contributed by atoms with Crippen LogP contribution in [-0.4, -0.2) is 42.5 Å². The van der Waals surface area contributed by atoms with Gasteiger partial charge in [-0.05, 0) is 74.7 Å². The van der Waals surface area contributed by atoms with Crippen LogP contribution in [0, 0.1) is 6.92 Å². The Kier molecular flexibility index (Phi) is 6.71. The first-order valence-corrected chi connectivity index (χ1v) is 10.4. The van der Waals surface area contributed by atoms with Gasteiger partial charge in [-0.1, -0.05) is 6.07 Å². The first-order chi connectivity index (χ1) is 15.4. The van der Waals surface area contributed by atoms with Gasteiger partial charge in [-0.3, -0.25) is 4.79 Å². The van der Waals surface area contributed by atoms with Gasteiger partial charge in [-0.15, -0.1) is 13.2 Å². The third kappa shape index (κ3) is 5.30. The minimum Gasteiger partial charge on any atom is -0.478 e. The highest BCUT2D eigenvalue weighted by atomic mass is 19.4. The van der Waals surface area contributed by atoms with Gasteiger partial charge in [0.1, 0.15) is 5.75 Å². The maximum absolute atomic E-state index is 13.1. The summed E-state index contributed by atoms with van der Waals surface area (Å²) in [5.41, 5.74) is 3.11. The Morgan fingerprint density at radius 1 is 1.18 bits per heavy atom. The monoisotopic (exact) mass is 462 g/mol. The molecular formula is C24H25F3N2O4. The van der Waals surface area contributed by atoms with Gasteiger partial charge in [-0.2, -0.15) is 0 Å². The number of halogens is 3. The second-order valence-electron chi connectivity index (χ2n) is 7.99. The van der Waals surface area contributed by atoms with Crippen molar-refractivity contribution in [3.05, 3.63) is 47.5 Å². The maximum atomic E-state index is 13.1. The molecule has 0 radical (unpaired) electrons. The Morgan fingerprint density at radius 2 is 1.88 bits per heavy atom. The lowest BCUT2D eigenvalue weighted by Gasteiger charge is -2.40. The summed E-state index contributed by atoms with van der Waals surface area (Å²) >= 11 is 0. The van der Waals surface area contributed by atoms with E-state index >= 15 is 0 Å². The zero-order chi connectivity index (χ0) is 24.5. The predicted molar refractivity (Wildman–Crippen MR) is 120 cm³/mol. The Morgan fingerprint density at radius 3 is 2.45 bits per heavy atom. The number of carboxylic acid groups (broad SMARTS) is 1. The topological polar surface area (TPSA) is 70.1 Å². The largest absolute Gasteiger partial charge is 0.573 e. The van der Waals surface area contributed by atoms with Gasteiger partial charge in [0, 0.05) is 24.2 Å². The molecule has 9 heteroatoms. The highest BCUT2D eigenvalue weighted by Crippen LogP contribution is 2.43. The molecule has 0 saturated carbocycles. The molecule has 176 valence electrons. The van der Waals surface area contributed by atoms with Gasteiger partial charge >= 0.3 is 12.3 Å². The molecule has 1 amide bonds. The minimum absolute atomic E-state index is 0.0468. The molecule has 0 aliphatic carbocycles. The van der Waals surface area contributed by atoms with Crippen molar-refractivity contribution in [3.63, 3.8) is 0 Å². The van der Waals surface area contributed by atoms with E-state index in [2.05, 4.69) is 4.74 Å². The summed E-state index contributed by atoms with van der Waals surface area (Å²) in [6.07, 6.45) is -2.71. The molecule has 2 aromatic carbocycles. The van der Waals surface area contributed by atoms with Crippen molar-refractivity contribution in [2.45, 2.75) is 40.1 Å². The van der Waals surface area contributed by atoms with E-state index in [4.69, 9.17) is 5.11 Å². The van der Waals surface area contributed by atoms with E-state index in [1.54, 1.807) is 17.9 Å². The van der Waals surface area contributed by atoms with Gasteiger partial charge in [-0.25, -0.2) is 4.79 Å². The first kappa shape index (κ1) is 24.2. The number of benzene rings is 2. The quantitative estimate of drug-likeness (QED) is 0.595. The van der Waals surface area contributed by atoms with Crippen LogP contribution in [0.1, 0.15) is 31.9 Å². The molecule has 2 aromatic rings. The van der Waals surface area contributed by atoms with Crippen LogP contribution in [-0.2, 0) is 9.59 Å². The van der Waals surface area contributed by atoms with Gasteiger partial charge in [0.15, 0.2) is 0 Å². The molecule has 0 aromatic heterocycles. The molecule has 3 rings (SSSR count). The Labute approximate surface area is 189 Å². The Hall–Kier alpha value is -3.49. The molecule has 0 unspecified atom stereocenters. The van der Waals surface area contributed by atoms with Crippen LogP contribution in [0.15, 0.2) is 36.4 Å². The number of carbonyl (C=O) groups excluding carboxylic acids is 1. The number of aryl methyl sites for hydroxylation is 1. The van der Waals surface area contributed by atoms with E-state index in [9.17, 15) is 22.8 Å². The minimum atomic E-state index is -4.91. The summed E-state index contributed by atoms with van der Waals surface area (Å²) in [5.74, 6) is -1.69. The normalized spacial score (nSPS) is 14.2. The molecular weight excluding hydrogens is 437 g/mol. The van der Waals surface area contributed by atoms with E-state index in [1.165, 1.54) is 18.2 Å². The van der Waals surface area contributed by atoms with E-state index in [-0.39, 0.29) is 24.1 Å². The van der Waals surface area contributed by atoms with Crippen LogP contribution in [0.5, 0.6) is 5.75 Å². The Bertz CT molecular complexity index is 1110. The fraction of sp³-hybridized carbons (Fsp3) is 0.333. The summed E-state index contributed by atoms with van der Waals surface area (Å²) in [6, 6.07) is 7.55. The van der Waals surface area contributed by atoms with E-state index in [0.717, 1.165) is 17.8 Å². The second kappa shape index (κ2) is 9.17. The van der Waals surface area contributed by atoms with Crippen LogP contribution in [0.2, 0.25) is 0 Å². The summed E-state index contributed by atoms with van der Waals surface area (Å²) < 4.78 is 43.6. The molecule has 1 aliphatic heterocycles. The average Bonchev–Trinajstić information content (AvgIpc) is 2.71. The lowest BCUT2D eigenvalue weighted by molar-refractivity contribution is -0.274. The number of rotatable bonds is 6. The zero-order valence-corrected chi connectivity index (χ0v) is 18.7. The highest BCUT2D eigenvalue weighted by Gasteiger charge is 2.34. The fourth-order valence-corrected chi connectivity index (χ4v) is 3.92. The molecule has 0 saturated heterocycles. The van der Waals surface area contributed by atoms with Gasteiger partial charge in [0.25, 0.3) is 0 Å². The van der Waals surface area contributed by atoms with Crippen molar-refractivity contribution in [1.82, 2.24) is 0 Å². The number of hydrogen-bond donors (Lipinski definition) is 1. The molecule has 0 fully saturated rings. The van der Waals surface area contributed by atoms with Crippen molar-refractivity contribution < 1.29 is 32.6 Å². The number of likely N-dealkylation sites (N-methyl/N-ethyl adjacent to an activating group) is 1. The highest BCUT2D eigenvalue weighted by molar-refractivity contribution is 6.04. The Balaban J connectivity index is 2.24. The summed E-state index contributed by atoms with van der Waals surface area (Å²) in [4.78, 5) is 27.2. The molecule has 0 spiro atoms. The lowest BCUT2D eigenvalue weighted by Crippen LogP contribution is -2.48. The number of alkyl halides is 3. The van der Waals surface area contributed by atoms with Crippen molar-refractivity contribution >= 4 is 29.3 Å². The number of amides is 1. The zero-order valence-electron chi connectivity index (χ0n) is 18.7. The SMILES string of the molecule is CCN1C(=O)CN(C(C)C)c2cc(C)c(-c3cc(/C=C/C(=O)O)ccc3OC(F)(F)F)cc21. The van der Waals surface area contributed by atoms with Gasteiger partial charge in [0.2, 0.25) is 5.91 Å². The van der Waals surface area contributed by atoms with Crippen molar-refractivity contribution in [2.75, 3.05) is 22.9 Å². The number of carbonyl (C=O) groups is 2. The van der Waals surface area contributed by atoms with Crippen molar-refractivity contribution in [3.8, 4) is 16.9 Å². The third-order valence-corrected chi connectivity index (χ3v) is 5.41. The second-order valence-corrected chi connectivity index (χ2v) is 7.99. The van der Waals surface area contributed by atoms with Gasteiger partial charge in [0.05, 0.1) is 17.9 Å². The summed E-state index contributed by atoms with van der Waals surface area (Å²) in [7, 11) is 0. The van der Waals surface area contributed by atoms with Gasteiger partial charge < -0.3 is 19.6 Å². The summed E-state index contributed by atoms with van der Waals surface area (Å²) in [5, 5.41) is 8.89. The van der Waals surface area contributed by atoms with Crippen LogP contribution >= 0.6 is 0 Å². The number of anilines is 2. The van der Waals surface area contributed by atoms with E-state index in [0.29, 0.717) is 28.9 Å². The number of fused-ring (bicyclic) bond motifs is 1. The van der Waals surface area contributed by atoms with E-state index in [1.807, 2.05) is 31.7 Å². The standard InChI is InChI=1S/C24H25F3N2O4/c1-5-28-20-12-17(15(4)10-19(20)29(14(2)3)13-22(28)30)18-11-16(7-9-23(31)32)6-8-21(18)33-24(25,26)27/h6-12,14H,5,13H2,1-4H3,(H,31,32)/b9-7+. The maximum Gasteiger partial charge on any atom is 0.573 e. The number of carboxylic acids is 1. The lowest BCUT2D eigenvalue weighted by atomic mass is 9.94. The fourth-order valence-electron chi connectivity index (χ4n) is 3.92. The molecule has 6 nitrogen and oxygen atoms in total.